The van der Waals surface area contributed by atoms with Crippen LogP contribution >= 0.6 is 0 Å². The molecular formula is C14H21FN2O2. The van der Waals surface area contributed by atoms with E-state index in [1.165, 1.54) is 18.2 Å². The van der Waals surface area contributed by atoms with Crippen LogP contribution in [0, 0.1) is 5.82 Å². The second-order valence-electron chi connectivity index (χ2n) is 4.70. The van der Waals surface area contributed by atoms with Gasteiger partial charge in [0, 0.05) is 18.2 Å². The lowest BCUT2D eigenvalue weighted by atomic mass is 10.1. The van der Waals surface area contributed by atoms with Gasteiger partial charge in [-0.1, -0.05) is 20.8 Å². The summed E-state index contributed by atoms with van der Waals surface area (Å²) in [5.41, 5.74) is 5.92. The van der Waals surface area contributed by atoms with Gasteiger partial charge in [-0.3, -0.25) is 4.79 Å². The minimum Gasteiger partial charge on any atom is -0.480 e. The van der Waals surface area contributed by atoms with Gasteiger partial charge >= 0.3 is 0 Å². The van der Waals surface area contributed by atoms with E-state index in [4.69, 9.17) is 10.5 Å². The largest absolute Gasteiger partial charge is 0.480 e. The van der Waals surface area contributed by atoms with E-state index in [1.54, 1.807) is 0 Å². The first-order chi connectivity index (χ1) is 8.93. The number of nitrogens with two attached hydrogens (primary N) is 1. The summed E-state index contributed by atoms with van der Waals surface area (Å²) in [6.07, 6.45) is -0.215. The van der Waals surface area contributed by atoms with E-state index in [9.17, 15) is 9.18 Å². The van der Waals surface area contributed by atoms with Crippen molar-refractivity contribution >= 4 is 5.91 Å². The van der Waals surface area contributed by atoms with Gasteiger partial charge in [0.25, 0.3) is 5.91 Å². The summed E-state index contributed by atoms with van der Waals surface area (Å²) in [6.45, 7) is 6.28. The van der Waals surface area contributed by atoms with Gasteiger partial charge < -0.3 is 15.8 Å². The van der Waals surface area contributed by atoms with Crippen molar-refractivity contribution in [3.8, 4) is 5.75 Å². The molecule has 0 saturated heterocycles. The van der Waals surface area contributed by atoms with Crippen LogP contribution in [0.15, 0.2) is 18.2 Å². The molecule has 0 saturated carbocycles. The van der Waals surface area contributed by atoms with Crippen LogP contribution in [-0.4, -0.2) is 18.1 Å². The summed E-state index contributed by atoms with van der Waals surface area (Å²) in [5.74, 6) is -0.366. The van der Waals surface area contributed by atoms with E-state index >= 15 is 0 Å². The Morgan fingerprint density at radius 1 is 1.47 bits per heavy atom. The molecule has 0 aliphatic heterocycles. The molecule has 0 aliphatic rings. The highest BCUT2D eigenvalue weighted by atomic mass is 19.1. The highest BCUT2D eigenvalue weighted by Gasteiger charge is 2.17. The van der Waals surface area contributed by atoms with Gasteiger partial charge in [0.2, 0.25) is 0 Å². The quantitative estimate of drug-likeness (QED) is 0.794. The molecule has 19 heavy (non-hydrogen) atoms. The summed E-state index contributed by atoms with van der Waals surface area (Å²) in [7, 11) is 0. The molecule has 3 N–H and O–H groups in total. The molecule has 106 valence electrons. The molecule has 1 aromatic rings. The molecule has 0 bridgehead atoms. The van der Waals surface area contributed by atoms with Gasteiger partial charge in [-0.2, -0.15) is 0 Å². The fourth-order valence-electron chi connectivity index (χ4n) is 1.61. The molecule has 0 spiro atoms. The molecule has 0 aromatic heterocycles. The first-order valence-corrected chi connectivity index (χ1v) is 6.41. The molecular weight excluding hydrogens is 247 g/mol. The fraction of sp³-hybridized carbons (Fsp3) is 0.500. The Kier molecular flexibility index (Phi) is 5.76. The molecule has 0 heterocycles. The number of primary amides is 1. The number of carbonyl (C=O) groups excluding carboxylic acids is 1. The third-order valence-electron chi connectivity index (χ3n) is 2.68. The van der Waals surface area contributed by atoms with Crippen LogP contribution in [0.3, 0.4) is 0 Å². The van der Waals surface area contributed by atoms with Crippen molar-refractivity contribution in [2.24, 2.45) is 5.73 Å². The Morgan fingerprint density at radius 3 is 2.68 bits per heavy atom. The monoisotopic (exact) mass is 268 g/mol. The number of carbonyl (C=O) groups is 1. The van der Waals surface area contributed by atoms with E-state index in [0.29, 0.717) is 24.3 Å². The van der Waals surface area contributed by atoms with Gasteiger partial charge in [-0.15, -0.1) is 0 Å². The number of ether oxygens (including phenoxy) is 1. The Labute approximate surface area is 113 Å². The normalized spacial score (nSPS) is 12.5. The van der Waals surface area contributed by atoms with Crippen molar-refractivity contribution in [3.05, 3.63) is 29.6 Å². The predicted molar refractivity (Wildman–Crippen MR) is 72.3 cm³/mol. The van der Waals surface area contributed by atoms with Gasteiger partial charge in [-0.25, -0.2) is 4.39 Å². The molecule has 1 rings (SSSR count). The Morgan fingerprint density at radius 2 is 2.16 bits per heavy atom. The second kappa shape index (κ2) is 7.09. The van der Waals surface area contributed by atoms with Crippen LogP contribution in [-0.2, 0) is 11.3 Å². The number of rotatable bonds is 7. The van der Waals surface area contributed by atoms with Crippen LogP contribution in [0.5, 0.6) is 5.75 Å². The van der Waals surface area contributed by atoms with Crippen LogP contribution in [0.4, 0.5) is 4.39 Å². The van der Waals surface area contributed by atoms with Crippen LogP contribution in [0.1, 0.15) is 32.8 Å². The first-order valence-electron chi connectivity index (χ1n) is 6.41. The average molecular weight is 268 g/mol. The van der Waals surface area contributed by atoms with Crippen LogP contribution < -0.4 is 15.8 Å². The Balaban J connectivity index is 2.89. The highest BCUT2D eigenvalue weighted by Crippen LogP contribution is 2.21. The SMILES string of the molecule is CCC(Oc1ccc(F)cc1CNC(C)C)C(N)=O. The van der Waals surface area contributed by atoms with Crippen molar-refractivity contribution in [1.29, 1.82) is 0 Å². The lowest BCUT2D eigenvalue weighted by Gasteiger charge is -2.18. The molecule has 0 aliphatic carbocycles. The van der Waals surface area contributed by atoms with Crippen molar-refractivity contribution in [2.75, 3.05) is 0 Å². The summed E-state index contributed by atoms with van der Waals surface area (Å²) in [6, 6.07) is 4.51. The number of hydrogen-bond acceptors (Lipinski definition) is 3. The zero-order valence-electron chi connectivity index (χ0n) is 11.6. The summed E-state index contributed by atoms with van der Waals surface area (Å²) in [4.78, 5) is 11.2. The standard InChI is InChI=1S/C14H21FN2O2/c1-4-12(14(16)18)19-13-6-5-11(15)7-10(13)8-17-9(2)3/h5-7,9,12,17H,4,8H2,1-3H3,(H2,16,18). The average Bonchev–Trinajstić information content (AvgIpc) is 2.34. The minimum atomic E-state index is -0.691. The van der Waals surface area contributed by atoms with E-state index in [1.807, 2.05) is 20.8 Å². The maximum atomic E-state index is 13.3. The van der Waals surface area contributed by atoms with Crippen molar-refractivity contribution < 1.29 is 13.9 Å². The number of amides is 1. The predicted octanol–water partition coefficient (Wildman–Crippen LogP) is 1.97. The third kappa shape index (κ3) is 4.87. The van der Waals surface area contributed by atoms with Crippen molar-refractivity contribution in [3.63, 3.8) is 0 Å². The Bertz CT molecular complexity index is 435. The minimum absolute atomic E-state index is 0.272. The van der Waals surface area contributed by atoms with Crippen molar-refractivity contribution in [2.45, 2.75) is 45.9 Å². The number of nitrogens with one attached hydrogen (secondary N) is 1. The maximum Gasteiger partial charge on any atom is 0.258 e. The lowest BCUT2D eigenvalue weighted by molar-refractivity contribution is -0.124. The fourth-order valence-corrected chi connectivity index (χ4v) is 1.61. The summed E-state index contributed by atoms with van der Waals surface area (Å²) < 4.78 is 18.8. The number of halogens is 1. The number of hydrogen-bond donors (Lipinski definition) is 2. The molecule has 4 nitrogen and oxygen atoms in total. The van der Waals surface area contributed by atoms with Crippen molar-refractivity contribution in [1.82, 2.24) is 5.32 Å². The van der Waals surface area contributed by atoms with Gasteiger partial charge in [-0.05, 0) is 24.6 Å². The highest BCUT2D eigenvalue weighted by molar-refractivity contribution is 5.79. The maximum absolute atomic E-state index is 13.3. The zero-order chi connectivity index (χ0) is 14.4. The third-order valence-corrected chi connectivity index (χ3v) is 2.68. The summed E-state index contributed by atoms with van der Waals surface area (Å²) in [5, 5.41) is 3.19. The second-order valence-corrected chi connectivity index (χ2v) is 4.70. The van der Waals surface area contributed by atoms with E-state index in [-0.39, 0.29) is 11.9 Å². The smallest absolute Gasteiger partial charge is 0.258 e. The van der Waals surface area contributed by atoms with Crippen LogP contribution in [0.25, 0.3) is 0 Å². The van der Waals surface area contributed by atoms with Gasteiger partial charge in [0.1, 0.15) is 11.6 Å². The van der Waals surface area contributed by atoms with Gasteiger partial charge in [0.05, 0.1) is 0 Å². The van der Waals surface area contributed by atoms with E-state index in [0.717, 1.165) is 0 Å². The number of benzene rings is 1. The van der Waals surface area contributed by atoms with Crippen LogP contribution in [0.2, 0.25) is 0 Å². The molecule has 1 amide bonds. The first kappa shape index (κ1) is 15.4. The molecule has 5 heteroatoms. The van der Waals surface area contributed by atoms with E-state index < -0.39 is 12.0 Å². The molecule has 0 fully saturated rings. The zero-order valence-corrected chi connectivity index (χ0v) is 11.6. The molecule has 1 unspecified atom stereocenters. The van der Waals surface area contributed by atoms with Gasteiger partial charge in [0.15, 0.2) is 6.10 Å². The molecule has 1 aromatic carbocycles. The summed E-state index contributed by atoms with van der Waals surface area (Å²) >= 11 is 0. The lowest BCUT2D eigenvalue weighted by Crippen LogP contribution is -2.33. The molecule has 1 atom stereocenters. The molecule has 0 radical (unpaired) electrons. The van der Waals surface area contributed by atoms with E-state index in [2.05, 4.69) is 5.32 Å². The Hall–Kier alpha value is -1.62. The topological polar surface area (TPSA) is 64.3 Å².